The normalized spacial score (nSPS) is 14.4. The number of nitriles is 1. The topological polar surface area (TPSA) is 146 Å². The van der Waals surface area contributed by atoms with Crippen LogP contribution >= 0.6 is 11.6 Å². The molecule has 38 heavy (non-hydrogen) atoms. The zero-order valence-electron chi connectivity index (χ0n) is 20.1. The van der Waals surface area contributed by atoms with Crippen LogP contribution in [0.3, 0.4) is 0 Å². The van der Waals surface area contributed by atoms with E-state index in [0.29, 0.717) is 16.7 Å². The molecule has 198 valence electrons. The SMILES string of the molecule is CC(OC(=O)OCC(C)(C)C(=O)O)n1nc(C#N)c(-c2cc(Cl)cc(-c3ccc4c(c3)OC(F)(F)O4)c2)n1. The van der Waals surface area contributed by atoms with Crippen molar-refractivity contribution < 1.29 is 42.4 Å². The third-order valence-electron chi connectivity index (χ3n) is 5.36. The van der Waals surface area contributed by atoms with Crippen molar-refractivity contribution in [2.24, 2.45) is 5.41 Å². The number of aliphatic carboxylic acids is 1. The smallest absolute Gasteiger partial charge is 0.481 e. The lowest BCUT2D eigenvalue weighted by molar-refractivity contribution is -0.286. The Bertz CT molecular complexity index is 1470. The second-order valence-electron chi connectivity index (χ2n) is 8.83. The number of alkyl halides is 2. The number of halogens is 3. The van der Waals surface area contributed by atoms with Crippen molar-refractivity contribution in [2.45, 2.75) is 33.3 Å². The van der Waals surface area contributed by atoms with E-state index in [2.05, 4.69) is 19.7 Å². The number of hydrogen-bond acceptors (Lipinski definition) is 9. The molecule has 0 spiro atoms. The Morgan fingerprint density at radius 3 is 2.53 bits per heavy atom. The van der Waals surface area contributed by atoms with E-state index in [1.807, 2.05) is 6.07 Å². The highest BCUT2D eigenvalue weighted by molar-refractivity contribution is 6.31. The predicted molar refractivity (Wildman–Crippen MR) is 125 cm³/mol. The predicted octanol–water partition coefficient (Wildman–Crippen LogP) is 5.24. The average Bonchev–Trinajstić information content (AvgIpc) is 3.41. The van der Waals surface area contributed by atoms with Gasteiger partial charge in [-0.1, -0.05) is 17.7 Å². The van der Waals surface area contributed by atoms with E-state index in [1.165, 1.54) is 45.0 Å². The number of carboxylic acids is 1. The third-order valence-corrected chi connectivity index (χ3v) is 5.58. The molecule has 11 nitrogen and oxygen atoms in total. The van der Waals surface area contributed by atoms with Gasteiger partial charge in [-0.2, -0.15) is 5.26 Å². The van der Waals surface area contributed by atoms with Crippen LogP contribution < -0.4 is 9.47 Å². The molecule has 1 aliphatic heterocycles. The summed E-state index contributed by atoms with van der Waals surface area (Å²) < 4.78 is 45.7. The van der Waals surface area contributed by atoms with E-state index < -0.39 is 36.7 Å². The van der Waals surface area contributed by atoms with Crippen molar-refractivity contribution in [3.8, 4) is 40.0 Å². The highest BCUT2D eigenvalue weighted by Gasteiger charge is 2.43. The first-order valence-electron chi connectivity index (χ1n) is 10.9. The van der Waals surface area contributed by atoms with Gasteiger partial charge >= 0.3 is 18.4 Å². The second-order valence-corrected chi connectivity index (χ2v) is 9.27. The fraction of sp³-hybridized carbons (Fsp3) is 0.292. The van der Waals surface area contributed by atoms with Crippen LogP contribution in [0.1, 0.15) is 32.7 Å². The molecule has 0 saturated carbocycles. The van der Waals surface area contributed by atoms with Gasteiger partial charge in [-0.25, -0.2) is 4.79 Å². The number of rotatable bonds is 7. The molecule has 0 saturated heterocycles. The molecule has 4 rings (SSSR count). The maximum Gasteiger partial charge on any atom is 0.586 e. The summed E-state index contributed by atoms with van der Waals surface area (Å²) in [6.45, 7) is 3.74. The lowest BCUT2D eigenvalue weighted by atomic mass is 9.95. The number of carbonyl (C=O) groups excluding carboxylic acids is 1. The Labute approximate surface area is 219 Å². The van der Waals surface area contributed by atoms with Gasteiger partial charge in [0.25, 0.3) is 0 Å². The quantitative estimate of drug-likeness (QED) is 0.389. The van der Waals surface area contributed by atoms with E-state index in [0.717, 1.165) is 4.80 Å². The van der Waals surface area contributed by atoms with E-state index >= 15 is 0 Å². The second kappa shape index (κ2) is 9.79. The molecule has 0 bridgehead atoms. The van der Waals surface area contributed by atoms with Gasteiger partial charge < -0.3 is 24.1 Å². The van der Waals surface area contributed by atoms with Crippen LogP contribution in [-0.2, 0) is 14.3 Å². The fourth-order valence-electron chi connectivity index (χ4n) is 3.30. The Morgan fingerprint density at radius 2 is 1.84 bits per heavy atom. The van der Waals surface area contributed by atoms with Gasteiger partial charge in [-0.05, 0) is 62.2 Å². The Morgan fingerprint density at radius 1 is 1.16 bits per heavy atom. The molecule has 3 aromatic rings. The van der Waals surface area contributed by atoms with Crippen molar-refractivity contribution in [1.29, 1.82) is 5.26 Å². The van der Waals surface area contributed by atoms with Crippen LogP contribution in [0.5, 0.6) is 11.5 Å². The van der Waals surface area contributed by atoms with Crippen LogP contribution in [-0.4, -0.2) is 45.1 Å². The molecule has 2 heterocycles. The number of ether oxygens (including phenoxy) is 4. The van der Waals surface area contributed by atoms with Crippen molar-refractivity contribution in [1.82, 2.24) is 15.0 Å². The number of carbonyl (C=O) groups is 2. The summed E-state index contributed by atoms with van der Waals surface area (Å²) in [6.07, 6.45) is -6.04. The average molecular weight is 549 g/mol. The van der Waals surface area contributed by atoms with E-state index in [1.54, 1.807) is 12.1 Å². The zero-order valence-corrected chi connectivity index (χ0v) is 20.8. The fourth-order valence-corrected chi connectivity index (χ4v) is 3.53. The lowest BCUT2D eigenvalue weighted by Gasteiger charge is -2.19. The molecular weight excluding hydrogens is 530 g/mol. The van der Waals surface area contributed by atoms with Crippen molar-refractivity contribution in [3.05, 3.63) is 47.1 Å². The van der Waals surface area contributed by atoms with Gasteiger partial charge in [-0.3, -0.25) is 4.79 Å². The first-order chi connectivity index (χ1) is 17.8. The Balaban J connectivity index is 1.57. The van der Waals surface area contributed by atoms with Gasteiger partial charge in [0.05, 0.1) is 5.41 Å². The number of benzene rings is 2. The van der Waals surface area contributed by atoms with Crippen LogP contribution in [0.15, 0.2) is 36.4 Å². The Hall–Kier alpha value is -4.44. The highest BCUT2D eigenvalue weighted by Crippen LogP contribution is 2.43. The minimum absolute atomic E-state index is 0.111. The molecule has 0 aliphatic carbocycles. The van der Waals surface area contributed by atoms with Gasteiger partial charge in [0, 0.05) is 10.6 Å². The van der Waals surface area contributed by atoms with Crippen molar-refractivity contribution in [3.63, 3.8) is 0 Å². The minimum atomic E-state index is -3.77. The number of nitrogens with zero attached hydrogens (tertiary/aromatic N) is 4. The molecule has 1 N–H and O–H groups in total. The molecular formula is C24H19ClF2N4O7. The van der Waals surface area contributed by atoms with Crippen molar-refractivity contribution >= 4 is 23.7 Å². The minimum Gasteiger partial charge on any atom is -0.481 e. The van der Waals surface area contributed by atoms with Crippen LogP contribution in [0.2, 0.25) is 5.02 Å². The molecule has 0 fully saturated rings. The molecule has 14 heteroatoms. The van der Waals surface area contributed by atoms with E-state index in [4.69, 9.17) is 26.2 Å². The van der Waals surface area contributed by atoms with Crippen LogP contribution in [0.4, 0.5) is 13.6 Å². The molecule has 2 aromatic carbocycles. The lowest BCUT2D eigenvalue weighted by Crippen LogP contribution is -2.31. The largest absolute Gasteiger partial charge is 0.586 e. The summed E-state index contributed by atoms with van der Waals surface area (Å²) in [6, 6.07) is 10.9. The summed E-state index contributed by atoms with van der Waals surface area (Å²) in [5.41, 5.74) is 0.0242. The highest BCUT2D eigenvalue weighted by atomic mass is 35.5. The monoisotopic (exact) mass is 548 g/mol. The molecule has 1 aliphatic rings. The molecule has 1 atom stereocenters. The summed E-state index contributed by atoms with van der Waals surface area (Å²) in [5, 5.41) is 27.3. The Kier molecular flexibility index (Phi) is 6.86. The first-order valence-corrected chi connectivity index (χ1v) is 11.3. The number of carboxylic acid groups (broad SMARTS) is 1. The summed E-state index contributed by atoms with van der Waals surface area (Å²) in [4.78, 5) is 24.2. The maximum atomic E-state index is 13.4. The van der Waals surface area contributed by atoms with E-state index in [9.17, 15) is 23.6 Å². The number of aromatic nitrogens is 3. The third kappa shape index (κ3) is 5.60. The van der Waals surface area contributed by atoms with Gasteiger partial charge in [-0.15, -0.1) is 23.8 Å². The standard InChI is InChI=1S/C24H19ClF2N4O7/c1-12(36-22(34)35-11-23(2,3)21(32)33)31-29-17(10-28)20(30-31)15-6-14(7-16(25)8-15)13-4-5-18-19(9-13)38-24(26,27)37-18/h4-9,12H,11H2,1-3H3,(H,32,33). The van der Waals surface area contributed by atoms with E-state index in [-0.39, 0.29) is 27.9 Å². The summed E-state index contributed by atoms with van der Waals surface area (Å²) >= 11 is 6.30. The van der Waals surface area contributed by atoms with Crippen molar-refractivity contribution in [2.75, 3.05) is 6.61 Å². The van der Waals surface area contributed by atoms with Gasteiger partial charge in [0.15, 0.2) is 17.2 Å². The molecule has 1 aromatic heterocycles. The summed E-state index contributed by atoms with van der Waals surface area (Å²) in [7, 11) is 0. The molecule has 1 unspecified atom stereocenters. The number of hydrogen-bond donors (Lipinski definition) is 1. The molecule has 0 radical (unpaired) electrons. The van der Waals surface area contributed by atoms with Crippen LogP contribution in [0.25, 0.3) is 22.4 Å². The molecule has 0 amide bonds. The first kappa shape index (κ1) is 26.6. The van der Waals surface area contributed by atoms with Gasteiger partial charge in [0.1, 0.15) is 18.4 Å². The summed E-state index contributed by atoms with van der Waals surface area (Å²) in [5.74, 6) is -1.42. The maximum absolute atomic E-state index is 13.4. The zero-order chi connectivity index (χ0) is 27.8. The number of fused-ring (bicyclic) bond motifs is 1. The van der Waals surface area contributed by atoms with Gasteiger partial charge in [0.2, 0.25) is 6.23 Å². The van der Waals surface area contributed by atoms with Crippen LogP contribution in [0, 0.1) is 16.7 Å².